The zero-order chi connectivity index (χ0) is 14.3. The number of hydrogen-bond acceptors (Lipinski definition) is 3. The van der Waals surface area contributed by atoms with Crippen molar-refractivity contribution in [3.05, 3.63) is 50.2 Å². The Morgan fingerprint density at radius 2 is 1.95 bits per heavy atom. The number of ether oxygens (including phenoxy) is 1. The average molecular weight is 287 g/mol. The molecule has 0 fully saturated rings. The second-order valence-corrected chi connectivity index (χ2v) is 6.78. The molecule has 3 rings (SSSR count). The number of fused-ring (bicyclic) bond motifs is 1. The van der Waals surface area contributed by atoms with Gasteiger partial charge in [-0.25, -0.2) is 0 Å². The van der Waals surface area contributed by atoms with Gasteiger partial charge in [-0.2, -0.15) is 0 Å². The molecule has 0 aliphatic heterocycles. The molecule has 0 spiro atoms. The van der Waals surface area contributed by atoms with Gasteiger partial charge in [0.2, 0.25) is 0 Å². The van der Waals surface area contributed by atoms with Gasteiger partial charge < -0.3 is 10.5 Å². The highest BCUT2D eigenvalue weighted by Gasteiger charge is 2.20. The smallest absolute Gasteiger partial charge is 0.122 e. The van der Waals surface area contributed by atoms with Crippen LogP contribution in [0.25, 0.3) is 0 Å². The van der Waals surface area contributed by atoms with Crippen molar-refractivity contribution in [2.45, 2.75) is 39.2 Å². The highest BCUT2D eigenvalue weighted by atomic mass is 32.1. The van der Waals surface area contributed by atoms with Gasteiger partial charge in [-0.05, 0) is 67.5 Å². The average Bonchev–Trinajstić information content (AvgIpc) is 3.01. The summed E-state index contributed by atoms with van der Waals surface area (Å²) in [6, 6.07) is 6.56. The third kappa shape index (κ3) is 2.25. The first-order valence-electron chi connectivity index (χ1n) is 7.12. The molecule has 1 aliphatic rings. The molecule has 20 heavy (non-hydrogen) atoms. The van der Waals surface area contributed by atoms with Crippen molar-refractivity contribution in [1.29, 1.82) is 0 Å². The number of benzene rings is 1. The van der Waals surface area contributed by atoms with Crippen molar-refractivity contribution in [2.75, 3.05) is 7.11 Å². The van der Waals surface area contributed by atoms with E-state index in [4.69, 9.17) is 10.5 Å². The highest BCUT2D eigenvalue weighted by molar-refractivity contribution is 7.12. The van der Waals surface area contributed by atoms with E-state index in [-0.39, 0.29) is 6.04 Å². The molecule has 2 N–H and O–H groups in total. The zero-order valence-electron chi connectivity index (χ0n) is 12.3. The lowest BCUT2D eigenvalue weighted by atomic mass is 9.97. The lowest BCUT2D eigenvalue weighted by Crippen LogP contribution is -2.12. The molecule has 0 saturated carbocycles. The van der Waals surface area contributed by atoms with Crippen molar-refractivity contribution >= 4 is 11.3 Å². The van der Waals surface area contributed by atoms with Crippen molar-refractivity contribution in [1.82, 2.24) is 0 Å². The van der Waals surface area contributed by atoms with Crippen LogP contribution in [0.3, 0.4) is 0 Å². The summed E-state index contributed by atoms with van der Waals surface area (Å²) in [6.07, 6.45) is 3.75. The summed E-state index contributed by atoms with van der Waals surface area (Å²) in [4.78, 5) is 2.83. The Morgan fingerprint density at radius 1 is 1.15 bits per heavy atom. The second kappa shape index (κ2) is 5.23. The largest absolute Gasteiger partial charge is 0.496 e. The molecular weight excluding hydrogens is 266 g/mol. The molecular formula is C17H21NOS. The standard InChI is InChI=1S/C17H21NOS/c1-10-8-14(19-3)11(2)7-13(10)17(18)16-9-12-5-4-6-15(12)20-16/h7-9,17H,4-6,18H2,1-3H3. The molecule has 0 radical (unpaired) electrons. The molecule has 1 aliphatic carbocycles. The van der Waals surface area contributed by atoms with Gasteiger partial charge in [0, 0.05) is 9.75 Å². The molecule has 3 heteroatoms. The van der Waals surface area contributed by atoms with Crippen LogP contribution in [0.4, 0.5) is 0 Å². The summed E-state index contributed by atoms with van der Waals surface area (Å²) >= 11 is 1.89. The van der Waals surface area contributed by atoms with Crippen LogP contribution in [-0.4, -0.2) is 7.11 Å². The fourth-order valence-electron chi connectivity index (χ4n) is 3.03. The van der Waals surface area contributed by atoms with Crippen LogP contribution in [0.1, 0.15) is 44.5 Å². The van der Waals surface area contributed by atoms with Crippen LogP contribution in [-0.2, 0) is 12.8 Å². The molecule has 2 nitrogen and oxygen atoms in total. The van der Waals surface area contributed by atoms with Gasteiger partial charge in [-0.15, -0.1) is 11.3 Å². The van der Waals surface area contributed by atoms with Gasteiger partial charge in [-0.3, -0.25) is 0 Å². The van der Waals surface area contributed by atoms with E-state index in [0.717, 1.165) is 11.3 Å². The Hall–Kier alpha value is -1.32. The minimum Gasteiger partial charge on any atom is -0.496 e. The van der Waals surface area contributed by atoms with E-state index in [1.54, 1.807) is 12.0 Å². The molecule has 0 amide bonds. The molecule has 0 bridgehead atoms. The van der Waals surface area contributed by atoms with E-state index in [1.165, 1.54) is 40.8 Å². The monoisotopic (exact) mass is 287 g/mol. The zero-order valence-corrected chi connectivity index (χ0v) is 13.1. The van der Waals surface area contributed by atoms with Gasteiger partial charge in [0.25, 0.3) is 0 Å². The van der Waals surface area contributed by atoms with Crippen LogP contribution in [0.15, 0.2) is 18.2 Å². The Morgan fingerprint density at radius 3 is 2.65 bits per heavy atom. The first-order valence-corrected chi connectivity index (χ1v) is 7.94. The van der Waals surface area contributed by atoms with Gasteiger partial charge >= 0.3 is 0 Å². The topological polar surface area (TPSA) is 35.2 Å². The van der Waals surface area contributed by atoms with E-state index >= 15 is 0 Å². The van der Waals surface area contributed by atoms with Gasteiger partial charge in [0.05, 0.1) is 13.2 Å². The fraction of sp³-hybridized carbons (Fsp3) is 0.412. The molecule has 1 aromatic heterocycles. The predicted octanol–water partition coefficient (Wildman–Crippen LogP) is 3.91. The van der Waals surface area contributed by atoms with Crippen LogP contribution >= 0.6 is 11.3 Å². The molecule has 106 valence electrons. The number of hydrogen-bond donors (Lipinski definition) is 1. The first-order chi connectivity index (χ1) is 9.60. The van der Waals surface area contributed by atoms with Crippen molar-refractivity contribution in [3.63, 3.8) is 0 Å². The van der Waals surface area contributed by atoms with E-state index in [1.807, 2.05) is 11.3 Å². The second-order valence-electron chi connectivity index (χ2n) is 5.61. The van der Waals surface area contributed by atoms with Crippen molar-refractivity contribution in [3.8, 4) is 5.75 Å². The normalized spacial score (nSPS) is 15.2. The summed E-state index contributed by atoms with van der Waals surface area (Å²) in [5, 5.41) is 0. The molecule has 2 aromatic rings. The third-order valence-corrected chi connectivity index (χ3v) is 5.51. The Labute approximate surface area is 124 Å². The van der Waals surface area contributed by atoms with E-state index in [2.05, 4.69) is 32.0 Å². The number of nitrogens with two attached hydrogens (primary N) is 1. The molecule has 1 aromatic carbocycles. The number of methoxy groups -OCH3 is 1. The van der Waals surface area contributed by atoms with Gasteiger partial charge in [0.15, 0.2) is 0 Å². The van der Waals surface area contributed by atoms with Gasteiger partial charge in [0.1, 0.15) is 5.75 Å². The maximum atomic E-state index is 6.51. The minimum absolute atomic E-state index is 0.0183. The van der Waals surface area contributed by atoms with E-state index < -0.39 is 0 Å². The maximum Gasteiger partial charge on any atom is 0.122 e. The minimum atomic E-state index is -0.0183. The number of rotatable bonds is 3. The Balaban J connectivity index is 1.97. The summed E-state index contributed by atoms with van der Waals surface area (Å²) in [5.41, 5.74) is 11.6. The SMILES string of the molecule is COc1cc(C)c(C(N)c2cc3c(s2)CCC3)cc1C. The molecule has 1 heterocycles. The van der Waals surface area contributed by atoms with Crippen molar-refractivity contribution in [2.24, 2.45) is 5.73 Å². The maximum absolute atomic E-state index is 6.51. The third-order valence-electron chi connectivity index (χ3n) is 4.19. The number of aryl methyl sites for hydroxylation is 4. The molecule has 1 atom stereocenters. The van der Waals surface area contributed by atoms with Crippen molar-refractivity contribution < 1.29 is 4.74 Å². The number of thiophene rings is 1. The molecule has 1 unspecified atom stereocenters. The van der Waals surface area contributed by atoms with Crippen LogP contribution in [0, 0.1) is 13.8 Å². The van der Waals surface area contributed by atoms with E-state index in [9.17, 15) is 0 Å². The summed E-state index contributed by atoms with van der Waals surface area (Å²) in [6.45, 7) is 4.18. The predicted molar refractivity (Wildman–Crippen MR) is 84.8 cm³/mol. The lowest BCUT2D eigenvalue weighted by Gasteiger charge is -2.16. The summed E-state index contributed by atoms with van der Waals surface area (Å²) in [5.74, 6) is 0.937. The van der Waals surface area contributed by atoms with E-state index in [0.29, 0.717) is 0 Å². The lowest BCUT2D eigenvalue weighted by molar-refractivity contribution is 0.411. The van der Waals surface area contributed by atoms with Gasteiger partial charge in [-0.1, -0.05) is 6.07 Å². The van der Waals surface area contributed by atoms with Crippen LogP contribution in [0.2, 0.25) is 0 Å². The quantitative estimate of drug-likeness (QED) is 0.929. The summed E-state index contributed by atoms with van der Waals surface area (Å²) in [7, 11) is 1.71. The van der Waals surface area contributed by atoms with Crippen LogP contribution < -0.4 is 10.5 Å². The highest BCUT2D eigenvalue weighted by Crippen LogP contribution is 2.36. The molecule has 0 saturated heterocycles. The Bertz CT molecular complexity index is 623. The first kappa shape index (κ1) is 13.7. The fourth-order valence-corrected chi connectivity index (χ4v) is 4.30. The van der Waals surface area contributed by atoms with Crippen LogP contribution in [0.5, 0.6) is 5.75 Å². The summed E-state index contributed by atoms with van der Waals surface area (Å²) < 4.78 is 5.38. The Kier molecular flexibility index (Phi) is 3.57.